The molecule has 1 fully saturated rings. The van der Waals surface area contributed by atoms with Crippen LogP contribution in [-0.4, -0.2) is 11.7 Å². The Morgan fingerprint density at radius 3 is 2.56 bits per heavy atom. The van der Waals surface area contributed by atoms with Gasteiger partial charge < -0.3 is 4.74 Å². The Bertz CT molecular complexity index is 461. The molecular weight excluding hydrogens is 250 g/mol. The summed E-state index contributed by atoms with van der Waals surface area (Å²) in [6.07, 6.45) is 1.98. The zero-order chi connectivity index (χ0) is 13.3. The molecule has 0 atom stereocenters. The fraction of sp³-hybridized carbons (Fsp3) is 0.500. The molecule has 0 aliphatic heterocycles. The van der Waals surface area contributed by atoms with Gasteiger partial charge in [-0.1, -0.05) is 17.7 Å². The number of ether oxygens (including phenoxy) is 1. The van der Waals surface area contributed by atoms with Crippen molar-refractivity contribution in [1.82, 2.24) is 0 Å². The van der Waals surface area contributed by atoms with Crippen LogP contribution in [0.15, 0.2) is 18.2 Å². The molecular formula is C14H18ClNO2. The van der Waals surface area contributed by atoms with E-state index in [1.54, 1.807) is 0 Å². The predicted molar refractivity (Wildman–Crippen MR) is 73.3 cm³/mol. The number of anilines is 1. The number of halogens is 1. The number of benzene rings is 1. The van der Waals surface area contributed by atoms with Crippen LogP contribution < -0.4 is 5.32 Å². The van der Waals surface area contributed by atoms with Gasteiger partial charge in [0.15, 0.2) is 0 Å². The molecule has 1 N–H and O–H groups in total. The minimum atomic E-state index is -0.509. The van der Waals surface area contributed by atoms with E-state index >= 15 is 0 Å². The fourth-order valence-corrected chi connectivity index (χ4v) is 1.95. The maximum absolute atomic E-state index is 11.6. The van der Waals surface area contributed by atoms with Crippen LogP contribution in [0.1, 0.15) is 45.1 Å². The molecule has 0 spiro atoms. The highest BCUT2D eigenvalue weighted by Crippen LogP contribution is 2.41. The highest BCUT2D eigenvalue weighted by Gasteiger charge is 2.24. The molecule has 1 aromatic rings. The molecule has 0 aromatic heterocycles. The van der Waals surface area contributed by atoms with Gasteiger partial charge in [-0.15, -0.1) is 0 Å². The van der Waals surface area contributed by atoms with Crippen LogP contribution in [0.3, 0.4) is 0 Å². The Labute approximate surface area is 112 Å². The van der Waals surface area contributed by atoms with Gasteiger partial charge in [-0.05, 0) is 57.2 Å². The number of rotatable bonds is 2. The molecule has 0 unspecified atom stereocenters. The average Bonchev–Trinajstić information content (AvgIpc) is 3.01. The molecule has 18 heavy (non-hydrogen) atoms. The summed E-state index contributed by atoms with van der Waals surface area (Å²) in [5.41, 5.74) is 1.33. The quantitative estimate of drug-likeness (QED) is 0.853. The number of hydrogen-bond acceptors (Lipinski definition) is 2. The molecule has 1 amide bonds. The largest absolute Gasteiger partial charge is 0.444 e. The Hall–Kier alpha value is -1.22. The summed E-state index contributed by atoms with van der Waals surface area (Å²) in [4.78, 5) is 11.6. The summed E-state index contributed by atoms with van der Waals surface area (Å²) >= 11 is 6.15. The van der Waals surface area contributed by atoms with Crippen molar-refractivity contribution in [3.05, 3.63) is 28.8 Å². The maximum atomic E-state index is 11.6. The first kappa shape index (κ1) is 13.2. The first-order valence-electron chi connectivity index (χ1n) is 6.14. The van der Waals surface area contributed by atoms with Gasteiger partial charge in [0.2, 0.25) is 0 Å². The van der Waals surface area contributed by atoms with E-state index in [1.807, 2.05) is 39.0 Å². The van der Waals surface area contributed by atoms with E-state index in [1.165, 1.54) is 18.4 Å². The lowest BCUT2D eigenvalue weighted by molar-refractivity contribution is 0.0636. The normalized spacial score (nSPS) is 15.3. The first-order valence-corrected chi connectivity index (χ1v) is 6.52. The van der Waals surface area contributed by atoms with Gasteiger partial charge in [0.05, 0.1) is 10.7 Å². The van der Waals surface area contributed by atoms with Crippen molar-refractivity contribution in [2.24, 2.45) is 0 Å². The van der Waals surface area contributed by atoms with Gasteiger partial charge in [0.25, 0.3) is 0 Å². The van der Waals surface area contributed by atoms with E-state index in [0.29, 0.717) is 16.6 Å². The predicted octanol–water partition coefficient (Wildman–Crippen LogP) is 4.56. The third-order valence-electron chi connectivity index (χ3n) is 2.68. The van der Waals surface area contributed by atoms with Crippen molar-refractivity contribution >= 4 is 23.4 Å². The second-order valence-electron chi connectivity index (χ2n) is 5.64. The van der Waals surface area contributed by atoms with Crippen LogP contribution in [0, 0.1) is 0 Å². The zero-order valence-electron chi connectivity index (χ0n) is 10.9. The number of hydrogen-bond donors (Lipinski definition) is 1. The van der Waals surface area contributed by atoms with Gasteiger partial charge in [-0.3, -0.25) is 5.32 Å². The van der Waals surface area contributed by atoms with Crippen LogP contribution in [0.5, 0.6) is 0 Å². The van der Waals surface area contributed by atoms with E-state index < -0.39 is 11.7 Å². The van der Waals surface area contributed by atoms with E-state index in [4.69, 9.17) is 16.3 Å². The van der Waals surface area contributed by atoms with Crippen molar-refractivity contribution in [1.29, 1.82) is 0 Å². The van der Waals surface area contributed by atoms with Gasteiger partial charge in [0, 0.05) is 0 Å². The minimum Gasteiger partial charge on any atom is -0.444 e. The third-order valence-corrected chi connectivity index (χ3v) is 2.99. The summed E-state index contributed by atoms with van der Waals surface area (Å²) in [5.74, 6) is 0.651. The number of carbonyl (C=O) groups excluding carboxylic acids is 1. The smallest absolute Gasteiger partial charge is 0.412 e. The summed E-state index contributed by atoms with van der Waals surface area (Å²) in [6.45, 7) is 5.47. The summed E-state index contributed by atoms with van der Waals surface area (Å²) in [7, 11) is 0. The van der Waals surface area contributed by atoms with E-state index in [-0.39, 0.29) is 0 Å². The van der Waals surface area contributed by atoms with E-state index in [0.717, 1.165) is 0 Å². The number of carbonyl (C=O) groups is 1. The van der Waals surface area contributed by atoms with Gasteiger partial charge in [-0.2, -0.15) is 0 Å². The fourth-order valence-electron chi connectivity index (χ4n) is 1.72. The second-order valence-corrected chi connectivity index (χ2v) is 6.05. The van der Waals surface area contributed by atoms with E-state index in [2.05, 4.69) is 5.32 Å². The summed E-state index contributed by atoms with van der Waals surface area (Å²) in [5, 5.41) is 3.22. The van der Waals surface area contributed by atoms with Crippen molar-refractivity contribution in [3.8, 4) is 0 Å². The van der Waals surface area contributed by atoms with Crippen molar-refractivity contribution in [2.45, 2.75) is 45.1 Å². The zero-order valence-corrected chi connectivity index (χ0v) is 11.7. The van der Waals surface area contributed by atoms with Gasteiger partial charge in [0.1, 0.15) is 5.60 Å². The molecule has 1 aliphatic rings. The molecule has 1 aliphatic carbocycles. The first-order chi connectivity index (χ1) is 8.35. The summed E-state index contributed by atoms with van der Waals surface area (Å²) < 4.78 is 5.18. The van der Waals surface area contributed by atoms with Crippen molar-refractivity contribution < 1.29 is 9.53 Å². The van der Waals surface area contributed by atoms with Crippen LogP contribution in [0.25, 0.3) is 0 Å². The third kappa shape index (κ3) is 3.64. The van der Waals surface area contributed by atoms with Crippen molar-refractivity contribution in [3.63, 3.8) is 0 Å². The van der Waals surface area contributed by atoms with Crippen LogP contribution in [-0.2, 0) is 4.74 Å². The number of amides is 1. The minimum absolute atomic E-state index is 0.483. The highest BCUT2D eigenvalue weighted by molar-refractivity contribution is 6.33. The maximum Gasteiger partial charge on any atom is 0.412 e. The molecule has 2 rings (SSSR count). The Morgan fingerprint density at radius 1 is 1.39 bits per heavy atom. The molecule has 0 saturated heterocycles. The van der Waals surface area contributed by atoms with Crippen LogP contribution in [0.4, 0.5) is 10.5 Å². The van der Waals surface area contributed by atoms with Crippen LogP contribution >= 0.6 is 11.6 Å². The lowest BCUT2D eigenvalue weighted by atomic mass is 10.1. The Balaban J connectivity index is 2.03. The van der Waals surface area contributed by atoms with Crippen molar-refractivity contribution in [2.75, 3.05) is 5.32 Å². The topological polar surface area (TPSA) is 38.3 Å². The molecule has 3 nitrogen and oxygen atoms in total. The Morgan fingerprint density at radius 2 is 2.06 bits per heavy atom. The Kier molecular flexibility index (Phi) is 3.53. The SMILES string of the molecule is CC(C)(C)OC(=O)Nc1ccc(C2CC2)cc1Cl. The number of nitrogens with one attached hydrogen (secondary N) is 1. The molecule has 98 valence electrons. The standard InChI is InChI=1S/C14H18ClNO2/c1-14(2,3)18-13(17)16-12-7-6-10(8-11(12)15)9-4-5-9/h6-9H,4-5H2,1-3H3,(H,16,17). The molecule has 0 heterocycles. The van der Waals surface area contributed by atoms with Gasteiger partial charge >= 0.3 is 6.09 Å². The second kappa shape index (κ2) is 4.81. The molecule has 1 aromatic carbocycles. The monoisotopic (exact) mass is 267 g/mol. The molecule has 0 radical (unpaired) electrons. The lowest BCUT2D eigenvalue weighted by Gasteiger charge is -2.20. The molecule has 0 bridgehead atoms. The van der Waals surface area contributed by atoms with Crippen LogP contribution in [0.2, 0.25) is 5.02 Å². The molecule has 4 heteroatoms. The average molecular weight is 268 g/mol. The summed E-state index contributed by atoms with van der Waals surface area (Å²) in [6, 6.07) is 5.77. The van der Waals surface area contributed by atoms with E-state index in [9.17, 15) is 4.79 Å². The highest BCUT2D eigenvalue weighted by atomic mass is 35.5. The van der Waals surface area contributed by atoms with Gasteiger partial charge in [-0.25, -0.2) is 4.79 Å². The lowest BCUT2D eigenvalue weighted by Crippen LogP contribution is -2.27. The molecule has 1 saturated carbocycles.